The van der Waals surface area contributed by atoms with Gasteiger partial charge in [-0.2, -0.15) is 0 Å². The van der Waals surface area contributed by atoms with Crippen LogP contribution in [0.1, 0.15) is 10.4 Å². The van der Waals surface area contributed by atoms with E-state index in [1.165, 1.54) is 0 Å². The highest BCUT2D eigenvalue weighted by Gasteiger charge is 2.14. The van der Waals surface area contributed by atoms with E-state index in [9.17, 15) is 4.79 Å². The molecular formula is C13H12N4O. The Labute approximate surface area is 103 Å². The van der Waals surface area contributed by atoms with Crippen LogP contribution in [0.15, 0.2) is 36.5 Å². The lowest BCUT2D eigenvalue weighted by Crippen LogP contribution is -2.12. The predicted molar refractivity (Wildman–Crippen MR) is 71.0 cm³/mol. The van der Waals surface area contributed by atoms with E-state index in [-0.39, 0.29) is 0 Å². The van der Waals surface area contributed by atoms with E-state index >= 15 is 0 Å². The Bertz CT molecular complexity index is 725. The lowest BCUT2D eigenvalue weighted by molar-refractivity contribution is 0.100. The molecule has 3 aromatic rings. The molecule has 3 rings (SSSR count). The molecule has 0 unspecified atom stereocenters. The molecule has 6 N–H and O–H groups in total. The van der Waals surface area contributed by atoms with Crippen LogP contribution in [-0.2, 0) is 0 Å². The standard InChI is InChI=1S/C13H12N4O/c14-12-11(13(15)18)8-4-3-7(6-10(8)17-12)9-2-1-5-16-9/h1-6,16-17H,14H2,(H2,15,18). The van der Waals surface area contributed by atoms with Gasteiger partial charge in [0.15, 0.2) is 0 Å². The monoisotopic (exact) mass is 240 g/mol. The van der Waals surface area contributed by atoms with Gasteiger partial charge in [0, 0.05) is 28.4 Å². The summed E-state index contributed by atoms with van der Waals surface area (Å²) >= 11 is 0. The largest absolute Gasteiger partial charge is 0.385 e. The van der Waals surface area contributed by atoms with Crippen molar-refractivity contribution in [2.75, 3.05) is 5.73 Å². The second-order valence-corrected chi connectivity index (χ2v) is 4.12. The number of benzene rings is 1. The number of hydrogen-bond donors (Lipinski definition) is 4. The normalized spacial score (nSPS) is 10.9. The van der Waals surface area contributed by atoms with E-state index in [4.69, 9.17) is 11.5 Å². The molecule has 0 saturated heterocycles. The summed E-state index contributed by atoms with van der Waals surface area (Å²) in [5.74, 6) is -0.215. The van der Waals surface area contributed by atoms with Crippen LogP contribution < -0.4 is 11.5 Å². The number of primary amides is 1. The van der Waals surface area contributed by atoms with Crippen molar-refractivity contribution in [3.8, 4) is 11.3 Å². The Morgan fingerprint density at radius 1 is 1.22 bits per heavy atom. The van der Waals surface area contributed by atoms with Crippen LogP contribution in [-0.4, -0.2) is 15.9 Å². The molecule has 0 aliphatic rings. The van der Waals surface area contributed by atoms with Crippen molar-refractivity contribution in [3.05, 3.63) is 42.1 Å². The average molecular weight is 240 g/mol. The first-order chi connectivity index (χ1) is 8.66. The SMILES string of the molecule is NC(=O)c1c(N)[nH]c2cc(-c3ccc[nH]3)ccc12. The number of nitrogens with one attached hydrogen (secondary N) is 2. The summed E-state index contributed by atoms with van der Waals surface area (Å²) in [5, 5.41) is 0.746. The molecule has 0 saturated carbocycles. The molecule has 18 heavy (non-hydrogen) atoms. The van der Waals surface area contributed by atoms with Gasteiger partial charge < -0.3 is 21.4 Å². The van der Waals surface area contributed by atoms with E-state index in [2.05, 4.69) is 9.97 Å². The molecule has 0 fully saturated rings. The van der Waals surface area contributed by atoms with Crippen molar-refractivity contribution >= 4 is 22.6 Å². The maximum Gasteiger partial charge on any atom is 0.253 e. The molecule has 5 nitrogen and oxygen atoms in total. The van der Waals surface area contributed by atoms with Crippen molar-refractivity contribution < 1.29 is 4.79 Å². The number of aromatic nitrogens is 2. The summed E-state index contributed by atoms with van der Waals surface area (Å²) in [6, 6.07) is 9.61. The first kappa shape index (κ1) is 10.5. The molecular weight excluding hydrogens is 228 g/mol. The summed E-state index contributed by atoms with van der Waals surface area (Å²) < 4.78 is 0. The molecule has 2 aromatic heterocycles. The van der Waals surface area contributed by atoms with Gasteiger partial charge in [-0.25, -0.2) is 0 Å². The predicted octanol–water partition coefficient (Wildman–Crippen LogP) is 1.84. The molecule has 2 heterocycles. The van der Waals surface area contributed by atoms with E-state index in [1.807, 2.05) is 36.5 Å². The maximum absolute atomic E-state index is 11.3. The quantitative estimate of drug-likeness (QED) is 0.549. The number of hydrogen-bond acceptors (Lipinski definition) is 2. The number of carbonyl (C=O) groups excluding carboxylic acids is 1. The van der Waals surface area contributed by atoms with Crippen molar-refractivity contribution in [1.29, 1.82) is 0 Å². The number of rotatable bonds is 2. The third-order valence-corrected chi connectivity index (χ3v) is 2.98. The minimum absolute atomic E-state index is 0.307. The summed E-state index contributed by atoms with van der Waals surface area (Å²) in [6.45, 7) is 0. The minimum Gasteiger partial charge on any atom is -0.385 e. The highest BCUT2D eigenvalue weighted by molar-refractivity contribution is 6.11. The lowest BCUT2D eigenvalue weighted by atomic mass is 10.1. The van der Waals surface area contributed by atoms with Gasteiger partial charge in [-0.15, -0.1) is 0 Å². The van der Waals surface area contributed by atoms with Crippen LogP contribution in [0.4, 0.5) is 5.82 Å². The molecule has 5 heteroatoms. The number of H-pyrrole nitrogens is 2. The van der Waals surface area contributed by atoms with Crippen molar-refractivity contribution in [2.45, 2.75) is 0 Å². The lowest BCUT2D eigenvalue weighted by Gasteiger charge is -1.99. The second kappa shape index (κ2) is 3.66. The van der Waals surface area contributed by atoms with Crippen molar-refractivity contribution in [1.82, 2.24) is 9.97 Å². The van der Waals surface area contributed by atoms with Crippen molar-refractivity contribution in [3.63, 3.8) is 0 Å². The van der Waals surface area contributed by atoms with E-state index in [0.717, 1.165) is 22.2 Å². The van der Waals surface area contributed by atoms with Gasteiger partial charge in [-0.3, -0.25) is 4.79 Å². The number of aromatic amines is 2. The fourth-order valence-electron chi connectivity index (χ4n) is 2.16. The molecule has 0 radical (unpaired) electrons. The van der Waals surface area contributed by atoms with E-state index in [0.29, 0.717) is 11.4 Å². The third kappa shape index (κ3) is 1.45. The van der Waals surface area contributed by atoms with E-state index in [1.54, 1.807) is 0 Å². The maximum atomic E-state index is 11.3. The molecule has 90 valence electrons. The first-order valence-electron chi connectivity index (χ1n) is 5.51. The molecule has 0 atom stereocenters. The fourth-order valence-corrected chi connectivity index (χ4v) is 2.16. The average Bonchev–Trinajstić information content (AvgIpc) is 2.92. The third-order valence-electron chi connectivity index (χ3n) is 2.98. The number of nitrogen functional groups attached to an aromatic ring is 1. The number of amides is 1. The number of fused-ring (bicyclic) bond motifs is 1. The smallest absolute Gasteiger partial charge is 0.253 e. The number of carbonyl (C=O) groups is 1. The minimum atomic E-state index is -0.522. The molecule has 0 aliphatic heterocycles. The van der Waals surface area contributed by atoms with Gasteiger partial charge in [0.25, 0.3) is 5.91 Å². The van der Waals surface area contributed by atoms with Crippen LogP contribution in [0.25, 0.3) is 22.2 Å². The Kier molecular flexibility index (Phi) is 2.13. The zero-order chi connectivity index (χ0) is 12.7. The zero-order valence-electron chi connectivity index (χ0n) is 9.53. The Morgan fingerprint density at radius 3 is 2.72 bits per heavy atom. The second-order valence-electron chi connectivity index (χ2n) is 4.12. The summed E-state index contributed by atoms with van der Waals surface area (Å²) in [7, 11) is 0. The van der Waals surface area contributed by atoms with Crippen LogP contribution in [0.5, 0.6) is 0 Å². The molecule has 0 aliphatic carbocycles. The molecule has 1 aromatic carbocycles. The van der Waals surface area contributed by atoms with Gasteiger partial charge >= 0.3 is 0 Å². The highest BCUT2D eigenvalue weighted by Crippen LogP contribution is 2.28. The Hall–Kier alpha value is -2.69. The van der Waals surface area contributed by atoms with Gasteiger partial charge in [0.2, 0.25) is 0 Å². The Morgan fingerprint density at radius 2 is 2.06 bits per heavy atom. The van der Waals surface area contributed by atoms with Crippen LogP contribution in [0.2, 0.25) is 0 Å². The highest BCUT2D eigenvalue weighted by atomic mass is 16.1. The van der Waals surface area contributed by atoms with Gasteiger partial charge in [0.1, 0.15) is 5.82 Å². The number of nitrogens with two attached hydrogens (primary N) is 2. The molecule has 0 bridgehead atoms. The fraction of sp³-hybridized carbons (Fsp3) is 0. The van der Waals surface area contributed by atoms with Gasteiger partial charge in [-0.1, -0.05) is 12.1 Å². The molecule has 1 amide bonds. The van der Waals surface area contributed by atoms with Gasteiger partial charge in [0.05, 0.1) is 5.56 Å². The van der Waals surface area contributed by atoms with E-state index < -0.39 is 5.91 Å². The molecule has 0 spiro atoms. The summed E-state index contributed by atoms with van der Waals surface area (Å²) in [6.07, 6.45) is 1.86. The zero-order valence-corrected chi connectivity index (χ0v) is 9.53. The summed E-state index contributed by atoms with van der Waals surface area (Å²) in [4.78, 5) is 17.4. The summed E-state index contributed by atoms with van der Waals surface area (Å²) in [5.41, 5.74) is 14.2. The first-order valence-corrected chi connectivity index (χ1v) is 5.51. The number of anilines is 1. The van der Waals surface area contributed by atoms with Crippen LogP contribution in [0.3, 0.4) is 0 Å². The Balaban J connectivity index is 2.23. The van der Waals surface area contributed by atoms with Crippen LogP contribution >= 0.6 is 0 Å². The van der Waals surface area contributed by atoms with Crippen molar-refractivity contribution in [2.24, 2.45) is 5.73 Å². The topological polar surface area (TPSA) is 101 Å². The van der Waals surface area contributed by atoms with Crippen LogP contribution in [0, 0.1) is 0 Å². The van der Waals surface area contributed by atoms with Gasteiger partial charge in [-0.05, 0) is 18.2 Å².